The molecular weight excluding hydrogens is 382 g/mol. The molecule has 2 nitrogen and oxygen atoms in total. The summed E-state index contributed by atoms with van der Waals surface area (Å²) >= 11 is 5.72. The first-order valence-electron chi connectivity index (χ1n) is 8.08. The van der Waals surface area contributed by atoms with Gasteiger partial charge in [-0.25, -0.2) is 4.39 Å². The lowest BCUT2D eigenvalue weighted by atomic mass is 9.76. The van der Waals surface area contributed by atoms with Crippen LogP contribution in [0.2, 0.25) is 5.02 Å². The zero-order valence-corrected chi connectivity index (χ0v) is 15.2. The smallest absolute Gasteiger partial charge is 0.372 e. The molecule has 3 rings (SSSR count). The van der Waals surface area contributed by atoms with Crippen LogP contribution in [0.3, 0.4) is 0 Å². The van der Waals surface area contributed by atoms with Crippen molar-refractivity contribution in [2.75, 3.05) is 0 Å². The Balaban J connectivity index is 0.000000817. The van der Waals surface area contributed by atoms with Crippen LogP contribution in [-0.2, 0) is 10.2 Å². The van der Waals surface area contributed by atoms with Crippen molar-refractivity contribution >= 4 is 23.6 Å². The molecule has 2 aromatic rings. The summed E-state index contributed by atoms with van der Waals surface area (Å²) in [6.45, 7) is 1.92. The summed E-state index contributed by atoms with van der Waals surface area (Å²) in [5, 5.41) is -0.292. The van der Waals surface area contributed by atoms with Gasteiger partial charge in [0.05, 0.1) is 10.4 Å². The fraction of sp³-hybridized carbons (Fsp3) is 0.250. The second kappa shape index (κ2) is 8.13. The van der Waals surface area contributed by atoms with E-state index in [2.05, 4.69) is 5.73 Å². The molecule has 0 saturated carbocycles. The van der Waals surface area contributed by atoms with Gasteiger partial charge in [-0.1, -0.05) is 53.6 Å². The second-order valence-electron chi connectivity index (χ2n) is 6.32. The molecule has 1 aliphatic carbocycles. The minimum Gasteiger partial charge on any atom is -0.372 e. The number of benzene rings is 2. The highest BCUT2D eigenvalue weighted by Crippen LogP contribution is 2.54. The molecule has 27 heavy (non-hydrogen) atoms. The zero-order valence-electron chi connectivity index (χ0n) is 14.5. The molecule has 1 amide bonds. The summed E-state index contributed by atoms with van der Waals surface area (Å²) < 4.78 is 55.1. The Morgan fingerprint density at radius 1 is 1.15 bits per heavy atom. The van der Waals surface area contributed by atoms with E-state index in [-0.39, 0.29) is 29.8 Å². The Bertz CT molecular complexity index is 846. The molecule has 0 heterocycles. The molecule has 0 fully saturated rings. The van der Waals surface area contributed by atoms with Crippen LogP contribution in [0, 0.1) is 12.7 Å². The van der Waals surface area contributed by atoms with Crippen LogP contribution in [0.4, 0.5) is 17.6 Å². The molecule has 1 aliphatic rings. The van der Waals surface area contributed by atoms with E-state index < -0.39 is 17.4 Å². The van der Waals surface area contributed by atoms with Gasteiger partial charge in [0.2, 0.25) is 6.41 Å². The van der Waals surface area contributed by atoms with Gasteiger partial charge in [0.25, 0.3) is 0 Å². The Morgan fingerprint density at radius 2 is 1.74 bits per heavy atom. The highest BCUT2D eigenvalue weighted by Gasteiger charge is 2.57. The van der Waals surface area contributed by atoms with Crippen molar-refractivity contribution in [3.63, 3.8) is 0 Å². The van der Waals surface area contributed by atoms with Crippen LogP contribution in [0.15, 0.2) is 48.5 Å². The van der Waals surface area contributed by atoms with Gasteiger partial charge in [-0.3, -0.25) is 4.79 Å². The summed E-state index contributed by atoms with van der Waals surface area (Å²) in [4.78, 5) is 8.58. The molecule has 144 valence electrons. The predicted molar refractivity (Wildman–Crippen MR) is 97.8 cm³/mol. The van der Waals surface area contributed by atoms with Crippen molar-refractivity contribution in [2.24, 2.45) is 5.73 Å². The first-order valence-corrected chi connectivity index (χ1v) is 8.46. The maximum atomic E-state index is 13.9. The Hall–Kier alpha value is -2.34. The lowest BCUT2D eigenvalue weighted by Gasteiger charge is -2.33. The van der Waals surface area contributed by atoms with Crippen molar-refractivity contribution in [3.05, 3.63) is 76.1 Å². The number of hydrogen-bond acceptors (Lipinski definition) is 1. The molecule has 7 heteroatoms. The van der Waals surface area contributed by atoms with Crippen molar-refractivity contribution in [1.82, 2.24) is 0 Å². The number of primary amides is 1. The van der Waals surface area contributed by atoms with Gasteiger partial charge in [0.1, 0.15) is 5.82 Å². The fourth-order valence-corrected chi connectivity index (χ4v) is 3.33. The third-order valence-corrected chi connectivity index (χ3v) is 4.92. The van der Waals surface area contributed by atoms with Crippen LogP contribution in [0.1, 0.15) is 29.5 Å². The Labute approximate surface area is 159 Å². The third kappa shape index (κ3) is 4.33. The summed E-state index contributed by atoms with van der Waals surface area (Å²) in [5.41, 5.74) is 4.57. The van der Waals surface area contributed by atoms with Gasteiger partial charge in [-0.2, -0.15) is 13.2 Å². The molecule has 0 spiro atoms. The van der Waals surface area contributed by atoms with E-state index in [0.29, 0.717) is 5.57 Å². The quantitative estimate of drug-likeness (QED) is 0.521. The van der Waals surface area contributed by atoms with Gasteiger partial charge in [-0.15, -0.1) is 0 Å². The molecule has 0 aromatic heterocycles. The van der Waals surface area contributed by atoms with Crippen molar-refractivity contribution in [2.45, 2.75) is 31.4 Å². The van der Waals surface area contributed by atoms with E-state index in [1.807, 2.05) is 31.2 Å². The Kier molecular flexibility index (Phi) is 6.31. The van der Waals surface area contributed by atoms with Crippen molar-refractivity contribution in [1.29, 1.82) is 0 Å². The highest BCUT2D eigenvalue weighted by molar-refractivity contribution is 6.30. The van der Waals surface area contributed by atoms with E-state index in [1.165, 1.54) is 6.07 Å². The summed E-state index contributed by atoms with van der Waals surface area (Å²) in [6.07, 6.45) is -2.95. The standard InChI is InChI=1S/C19H15ClF4.CH3NO/c1-12-2-4-13(5-3-12)14-8-9-18(11-14,19(22,23)24)15-6-7-17(21)16(20)10-15;2-1-3/h2-8,10H,9,11H2,1H3;1H,(H2,2,3). The number of nitrogens with two attached hydrogens (primary N) is 1. The van der Waals surface area contributed by atoms with Gasteiger partial charge in [0.15, 0.2) is 0 Å². The topological polar surface area (TPSA) is 43.1 Å². The first kappa shape index (κ1) is 21.0. The van der Waals surface area contributed by atoms with E-state index in [1.54, 1.807) is 6.08 Å². The number of carbonyl (C=O) groups is 1. The second-order valence-corrected chi connectivity index (χ2v) is 6.73. The van der Waals surface area contributed by atoms with Crippen LogP contribution >= 0.6 is 11.6 Å². The normalized spacial score (nSPS) is 19.1. The summed E-state index contributed by atoms with van der Waals surface area (Å²) in [5.74, 6) is -0.720. The number of rotatable bonds is 2. The summed E-state index contributed by atoms with van der Waals surface area (Å²) in [6, 6.07) is 10.7. The number of aryl methyl sites for hydroxylation is 1. The minimum atomic E-state index is -4.46. The fourth-order valence-electron chi connectivity index (χ4n) is 3.15. The number of hydrogen-bond donors (Lipinski definition) is 1. The molecule has 0 bridgehead atoms. The minimum absolute atomic E-state index is 0.000221. The van der Waals surface area contributed by atoms with E-state index in [9.17, 15) is 17.6 Å². The number of alkyl halides is 3. The maximum Gasteiger partial charge on any atom is 0.399 e. The lowest BCUT2D eigenvalue weighted by Crippen LogP contribution is -2.40. The largest absolute Gasteiger partial charge is 0.399 e. The molecule has 2 aromatic carbocycles. The monoisotopic (exact) mass is 399 g/mol. The molecule has 0 aliphatic heterocycles. The third-order valence-electron chi connectivity index (χ3n) is 4.63. The van der Waals surface area contributed by atoms with Crippen LogP contribution in [0.5, 0.6) is 0 Å². The molecule has 0 radical (unpaired) electrons. The highest BCUT2D eigenvalue weighted by atomic mass is 35.5. The van der Waals surface area contributed by atoms with Crippen molar-refractivity contribution in [3.8, 4) is 0 Å². The molecule has 1 unspecified atom stereocenters. The Morgan fingerprint density at radius 3 is 2.26 bits per heavy atom. The van der Waals surface area contributed by atoms with Crippen LogP contribution in [-0.4, -0.2) is 12.6 Å². The summed E-state index contributed by atoms with van der Waals surface area (Å²) in [7, 11) is 0. The molecular formula is C20H18ClF4NO. The first-order chi connectivity index (χ1) is 12.6. The average molecular weight is 400 g/mol. The number of carbonyl (C=O) groups excluding carboxylic acids is 1. The predicted octanol–water partition coefficient (Wildman–Crippen LogP) is 5.57. The van der Waals surface area contributed by atoms with Crippen molar-refractivity contribution < 1.29 is 22.4 Å². The zero-order chi connectivity index (χ0) is 20.2. The van der Waals surface area contributed by atoms with Gasteiger partial charge < -0.3 is 5.73 Å². The maximum absolute atomic E-state index is 13.9. The van der Waals surface area contributed by atoms with Gasteiger partial charge in [0, 0.05) is 0 Å². The number of allylic oxidation sites excluding steroid dienone is 2. The number of amides is 1. The molecule has 1 atom stereocenters. The van der Waals surface area contributed by atoms with E-state index in [0.717, 1.165) is 23.3 Å². The molecule has 0 saturated heterocycles. The van der Waals surface area contributed by atoms with E-state index >= 15 is 0 Å². The lowest BCUT2D eigenvalue weighted by molar-refractivity contribution is -0.187. The average Bonchev–Trinajstić information content (AvgIpc) is 3.05. The SMILES string of the molecule is Cc1ccc(C2=CCC(c3ccc(F)c(Cl)c3)(C(F)(F)F)C2)cc1.NC=O. The number of halogens is 5. The van der Waals surface area contributed by atoms with Gasteiger partial charge >= 0.3 is 6.18 Å². The molecule has 2 N–H and O–H groups in total. The van der Waals surface area contributed by atoms with E-state index in [4.69, 9.17) is 16.4 Å². The van der Waals surface area contributed by atoms with Crippen LogP contribution in [0.25, 0.3) is 5.57 Å². The van der Waals surface area contributed by atoms with Crippen LogP contribution < -0.4 is 5.73 Å². The van der Waals surface area contributed by atoms with Gasteiger partial charge in [-0.05, 0) is 48.6 Å².